The highest BCUT2D eigenvalue weighted by molar-refractivity contribution is 5.98. The summed E-state index contributed by atoms with van der Waals surface area (Å²) in [5.41, 5.74) is 7.39. The predicted octanol–water partition coefficient (Wildman–Crippen LogP) is 5.94. The maximum absolute atomic E-state index is 14.3. The fraction of sp³-hybridized carbons (Fsp3) is 0.543. The summed E-state index contributed by atoms with van der Waals surface area (Å²) < 4.78 is 29.5. The van der Waals surface area contributed by atoms with Crippen molar-refractivity contribution in [2.75, 3.05) is 46.2 Å². The Morgan fingerprint density at radius 3 is 2.51 bits per heavy atom. The fourth-order valence-corrected chi connectivity index (χ4v) is 4.90. The van der Waals surface area contributed by atoms with Crippen molar-refractivity contribution in [2.45, 2.75) is 78.4 Å². The molecule has 4 atom stereocenters. The molecular formula is C35H51N3O7. The lowest BCUT2D eigenvalue weighted by Crippen LogP contribution is -2.48. The first kappa shape index (κ1) is 35.7. The number of hydrogen-bond acceptors (Lipinski definition) is 8. The quantitative estimate of drug-likeness (QED) is 0.283. The van der Waals surface area contributed by atoms with Gasteiger partial charge in [0.25, 0.3) is 5.91 Å². The second-order valence-electron chi connectivity index (χ2n) is 12.8. The van der Waals surface area contributed by atoms with E-state index >= 15 is 0 Å². The molecule has 2 aromatic carbocycles. The topological polar surface area (TPSA) is 113 Å². The Balaban J connectivity index is 1.89. The van der Waals surface area contributed by atoms with Gasteiger partial charge in [0.1, 0.15) is 17.1 Å². The van der Waals surface area contributed by atoms with E-state index in [2.05, 4.69) is 0 Å². The Hall–Kier alpha value is -3.76. The highest BCUT2D eigenvalue weighted by Gasteiger charge is 2.31. The van der Waals surface area contributed by atoms with Gasteiger partial charge in [-0.3, -0.25) is 4.79 Å². The lowest BCUT2D eigenvalue weighted by Gasteiger charge is -2.36. The lowest BCUT2D eigenvalue weighted by atomic mass is 10.0. The molecule has 0 saturated heterocycles. The van der Waals surface area contributed by atoms with Gasteiger partial charge in [-0.25, -0.2) is 4.79 Å². The van der Waals surface area contributed by atoms with Gasteiger partial charge >= 0.3 is 6.09 Å². The largest absolute Gasteiger partial charge is 0.497 e. The minimum Gasteiger partial charge on any atom is -0.497 e. The Bertz CT molecular complexity index is 1270. The van der Waals surface area contributed by atoms with Gasteiger partial charge in [0.2, 0.25) is 0 Å². The molecule has 0 aliphatic carbocycles. The molecule has 0 fully saturated rings. The molecule has 1 unspecified atom stereocenters. The molecule has 10 nitrogen and oxygen atoms in total. The van der Waals surface area contributed by atoms with Gasteiger partial charge in [-0.2, -0.15) is 0 Å². The Morgan fingerprint density at radius 1 is 1.13 bits per heavy atom. The SMILES string of the molecule is COc1ccc(COC[C@H](C)N2C[C@@H](C)[C@H](CN(C)C(=O)OC(C)(C)C)OCC=CCC(C)Oc3ccc(N)cc3C2=O)cc1. The first-order chi connectivity index (χ1) is 21.3. The minimum absolute atomic E-state index is 0.163. The monoisotopic (exact) mass is 625 g/mol. The van der Waals surface area contributed by atoms with E-state index in [4.69, 9.17) is 29.4 Å². The molecule has 3 rings (SSSR count). The zero-order valence-electron chi connectivity index (χ0n) is 28.1. The molecule has 0 aromatic heterocycles. The molecule has 1 aliphatic heterocycles. The number of fused-ring (bicyclic) bond motifs is 1. The number of carbonyl (C=O) groups is 2. The number of carbonyl (C=O) groups excluding carboxylic acids is 2. The van der Waals surface area contributed by atoms with Crippen LogP contribution < -0.4 is 15.2 Å². The van der Waals surface area contributed by atoms with Crippen LogP contribution in [0.5, 0.6) is 11.5 Å². The number of benzene rings is 2. The van der Waals surface area contributed by atoms with Crippen LogP contribution in [0.25, 0.3) is 0 Å². The lowest BCUT2D eigenvalue weighted by molar-refractivity contribution is -0.0174. The second-order valence-corrected chi connectivity index (χ2v) is 12.8. The highest BCUT2D eigenvalue weighted by Crippen LogP contribution is 2.27. The molecule has 0 saturated carbocycles. The van der Waals surface area contributed by atoms with E-state index in [-0.39, 0.29) is 36.6 Å². The van der Waals surface area contributed by atoms with Crippen LogP contribution >= 0.6 is 0 Å². The van der Waals surface area contributed by atoms with Crippen LogP contribution in [0, 0.1) is 5.92 Å². The van der Waals surface area contributed by atoms with E-state index in [0.29, 0.717) is 49.8 Å². The molecular weight excluding hydrogens is 574 g/mol. The smallest absolute Gasteiger partial charge is 0.410 e. The number of likely N-dealkylation sites (N-methyl/N-ethyl adjacent to an activating group) is 1. The summed E-state index contributed by atoms with van der Waals surface area (Å²) in [6.07, 6.45) is 3.58. The molecule has 1 aliphatic rings. The second kappa shape index (κ2) is 16.5. The van der Waals surface area contributed by atoms with Gasteiger partial charge in [-0.15, -0.1) is 0 Å². The third-order valence-corrected chi connectivity index (χ3v) is 7.46. The van der Waals surface area contributed by atoms with E-state index in [9.17, 15) is 9.59 Å². The van der Waals surface area contributed by atoms with Gasteiger partial charge in [0, 0.05) is 31.6 Å². The number of ether oxygens (including phenoxy) is 5. The summed E-state index contributed by atoms with van der Waals surface area (Å²) in [5, 5.41) is 0. The molecule has 0 radical (unpaired) electrons. The number of amides is 2. The number of hydrogen-bond donors (Lipinski definition) is 1. The third kappa shape index (κ3) is 11.3. The molecule has 10 heteroatoms. The Morgan fingerprint density at radius 2 is 1.84 bits per heavy atom. The Kier molecular flexibility index (Phi) is 13.1. The number of nitrogens with zero attached hydrogens (tertiary/aromatic N) is 2. The van der Waals surface area contributed by atoms with E-state index in [1.165, 1.54) is 4.90 Å². The van der Waals surface area contributed by atoms with Crippen molar-refractivity contribution in [2.24, 2.45) is 5.92 Å². The standard InChI is InChI=1S/C35H51N3O7/c1-24-20-38(25(2)22-42-23-27-12-15-29(41-8)16-13-27)33(39)30-19-28(36)14-17-31(30)44-26(3)11-9-10-18-43-32(24)21-37(7)34(40)45-35(4,5)6/h9-10,12-17,19,24-26,32H,11,18,20-23,36H2,1-8H3/t24-,25+,26?,32+/m1/s1. The Labute approximate surface area is 268 Å². The van der Waals surface area contributed by atoms with Gasteiger partial charge in [0.05, 0.1) is 57.3 Å². The summed E-state index contributed by atoms with van der Waals surface area (Å²) >= 11 is 0. The predicted molar refractivity (Wildman–Crippen MR) is 176 cm³/mol. The molecule has 248 valence electrons. The average molecular weight is 626 g/mol. The van der Waals surface area contributed by atoms with Crippen LogP contribution in [0.3, 0.4) is 0 Å². The maximum Gasteiger partial charge on any atom is 0.410 e. The van der Waals surface area contributed by atoms with Crippen LogP contribution in [0.4, 0.5) is 10.5 Å². The zero-order chi connectivity index (χ0) is 33.1. The van der Waals surface area contributed by atoms with E-state index in [0.717, 1.165) is 11.3 Å². The molecule has 2 amide bonds. The van der Waals surface area contributed by atoms with Crippen LogP contribution in [0.15, 0.2) is 54.6 Å². The summed E-state index contributed by atoms with van der Waals surface area (Å²) in [6, 6.07) is 12.5. The molecule has 45 heavy (non-hydrogen) atoms. The van der Waals surface area contributed by atoms with Gasteiger partial charge in [0.15, 0.2) is 0 Å². The molecule has 2 N–H and O–H groups in total. The van der Waals surface area contributed by atoms with Crippen LogP contribution in [0.2, 0.25) is 0 Å². The normalized spacial score (nSPS) is 20.4. The van der Waals surface area contributed by atoms with Crippen LogP contribution in [0.1, 0.15) is 63.9 Å². The van der Waals surface area contributed by atoms with Crippen molar-refractivity contribution < 1.29 is 33.3 Å². The average Bonchev–Trinajstić information content (AvgIpc) is 2.98. The van der Waals surface area contributed by atoms with E-state index < -0.39 is 11.7 Å². The molecule has 0 spiro atoms. The van der Waals surface area contributed by atoms with E-state index in [1.54, 1.807) is 37.3 Å². The number of rotatable bonds is 8. The maximum atomic E-state index is 14.3. The molecule has 0 bridgehead atoms. The van der Waals surface area contributed by atoms with Crippen molar-refractivity contribution in [3.63, 3.8) is 0 Å². The fourth-order valence-electron chi connectivity index (χ4n) is 4.90. The van der Waals surface area contributed by atoms with E-state index in [1.807, 2.05) is 78.0 Å². The van der Waals surface area contributed by atoms with Crippen LogP contribution in [-0.2, 0) is 20.8 Å². The van der Waals surface area contributed by atoms with Crippen LogP contribution in [-0.4, -0.2) is 86.1 Å². The number of anilines is 1. The third-order valence-electron chi connectivity index (χ3n) is 7.46. The van der Waals surface area contributed by atoms with Crippen molar-refractivity contribution in [3.8, 4) is 11.5 Å². The summed E-state index contributed by atoms with van der Waals surface area (Å²) in [5.74, 6) is 0.873. The molecule has 2 aromatic rings. The summed E-state index contributed by atoms with van der Waals surface area (Å²) in [7, 11) is 3.33. The summed E-state index contributed by atoms with van der Waals surface area (Å²) in [6.45, 7) is 13.1. The first-order valence-corrected chi connectivity index (χ1v) is 15.6. The van der Waals surface area contributed by atoms with Gasteiger partial charge in [-0.05, 0) is 70.5 Å². The van der Waals surface area contributed by atoms with Gasteiger partial charge in [-0.1, -0.05) is 31.2 Å². The van der Waals surface area contributed by atoms with Gasteiger partial charge < -0.3 is 39.2 Å². The number of nitrogens with two attached hydrogens (primary N) is 1. The first-order valence-electron chi connectivity index (χ1n) is 15.6. The number of nitrogen functional groups attached to an aromatic ring is 1. The number of methoxy groups -OCH3 is 1. The summed E-state index contributed by atoms with van der Waals surface area (Å²) in [4.78, 5) is 30.5. The van der Waals surface area contributed by atoms with Crippen molar-refractivity contribution >= 4 is 17.7 Å². The molecule has 1 heterocycles. The highest BCUT2D eigenvalue weighted by atomic mass is 16.6. The van der Waals surface area contributed by atoms with Crippen molar-refractivity contribution in [3.05, 3.63) is 65.7 Å². The zero-order valence-corrected chi connectivity index (χ0v) is 28.1. The van der Waals surface area contributed by atoms with Crippen molar-refractivity contribution in [1.82, 2.24) is 9.80 Å². The van der Waals surface area contributed by atoms with Crippen molar-refractivity contribution in [1.29, 1.82) is 0 Å². The minimum atomic E-state index is -0.623.